The average Bonchev–Trinajstić information content (AvgIpc) is 3.01. The average molecular weight is 384 g/mol. The Morgan fingerprint density at radius 2 is 2.00 bits per heavy atom. The van der Waals surface area contributed by atoms with Crippen LogP contribution in [0.5, 0.6) is 0 Å². The van der Waals surface area contributed by atoms with Gasteiger partial charge in [-0.1, -0.05) is 37.3 Å². The van der Waals surface area contributed by atoms with Gasteiger partial charge in [0.1, 0.15) is 0 Å². The monoisotopic (exact) mass is 384 g/mol. The molecule has 2 unspecified atom stereocenters. The van der Waals surface area contributed by atoms with E-state index in [1.807, 2.05) is 43.3 Å². The Kier molecular flexibility index (Phi) is 4.12. The van der Waals surface area contributed by atoms with Crippen molar-refractivity contribution in [2.75, 3.05) is 4.90 Å². The fourth-order valence-electron chi connectivity index (χ4n) is 4.31. The van der Waals surface area contributed by atoms with Crippen LogP contribution in [0.3, 0.4) is 0 Å². The number of allylic oxidation sites excluding steroid dienone is 4. The normalized spacial score (nSPS) is 20.8. The summed E-state index contributed by atoms with van der Waals surface area (Å²) in [7, 11) is 0. The van der Waals surface area contributed by atoms with Crippen LogP contribution < -0.4 is 10.5 Å². The second-order valence-corrected chi connectivity index (χ2v) is 7.60. The molecule has 2 atom stereocenters. The van der Waals surface area contributed by atoms with Crippen molar-refractivity contribution in [3.8, 4) is 0 Å². The summed E-state index contributed by atoms with van der Waals surface area (Å²) in [6.07, 6.45) is 11.1. The van der Waals surface area contributed by atoms with E-state index in [-0.39, 0.29) is 23.3 Å². The number of carbonyl (C=O) groups is 1. The lowest BCUT2D eigenvalue weighted by atomic mass is 9.89. The molecule has 1 amide bonds. The Hall–Kier alpha value is -3.54. The summed E-state index contributed by atoms with van der Waals surface area (Å²) < 4.78 is 0. The molecule has 3 heterocycles. The Balaban J connectivity index is 1.52. The highest BCUT2D eigenvalue weighted by Gasteiger charge is 2.42. The third-order valence-corrected chi connectivity index (χ3v) is 5.83. The molecule has 0 bridgehead atoms. The smallest absolute Gasteiger partial charge is 0.272 e. The second kappa shape index (κ2) is 6.81. The van der Waals surface area contributed by atoms with E-state index in [0.29, 0.717) is 11.8 Å². The molecule has 2 aliphatic rings. The van der Waals surface area contributed by atoms with Crippen LogP contribution >= 0.6 is 0 Å². The summed E-state index contributed by atoms with van der Waals surface area (Å²) in [5, 5.41) is 8.28. The van der Waals surface area contributed by atoms with Crippen molar-refractivity contribution < 1.29 is 4.79 Å². The number of carbonyl (C=O) groups excluding carboxylic acids is 1. The molecule has 1 fully saturated rings. The zero-order valence-corrected chi connectivity index (χ0v) is 16.0. The highest BCUT2D eigenvalue weighted by atomic mass is 16.2. The Morgan fingerprint density at radius 1 is 1.17 bits per heavy atom. The van der Waals surface area contributed by atoms with E-state index < -0.39 is 0 Å². The van der Waals surface area contributed by atoms with E-state index in [4.69, 9.17) is 0 Å². The largest absolute Gasteiger partial charge is 0.283 e. The number of hydrogen-bond donors (Lipinski definition) is 1. The summed E-state index contributed by atoms with van der Waals surface area (Å²) in [6.45, 7) is 1.99. The molecule has 1 aliphatic carbocycles. The number of aromatic amines is 1. The number of anilines is 1. The van der Waals surface area contributed by atoms with Crippen molar-refractivity contribution in [1.29, 1.82) is 0 Å². The van der Waals surface area contributed by atoms with Gasteiger partial charge in [0.15, 0.2) is 0 Å². The number of nitrogens with one attached hydrogen (secondary N) is 1. The zero-order valence-electron chi connectivity index (χ0n) is 16.0. The number of rotatable bonds is 3. The molecule has 29 heavy (non-hydrogen) atoms. The van der Waals surface area contributed by atoms with Crippen LogP contribution in [0.15, 0.2) is 71.4 Å². The van der Waals surface area contributed by atoms with Crippen molar-refractivity contribution in [3.63, 3.8) is 0 Å². The van der Waals surface area contributed by atoms with Crippen molar-refractivity contribution in [2.45, 2.75) is 19.8 Å². The molecular formula is C23H20N4O2. The fourth-order valence-corrected chi connectivity index (χ4v) is 4.31. The highest BCUT2D eigenvalue weighted by molar-refractivity contribution is 6.01. The third kappa shape index (κ3) is 2.88. The number of hydrogen-bond acceptors (Lipinski definition) is 4. The minimum absolute atomic E-state index is 0.0420. The van der Waals surface area contributed by atoms with Gasteiger partial charge in [0.2, 0.25) is 5.91 Å². The fraction of sp³-hybridized carbons (Fsp3) is 0.217. The molecule has 3 aromatic rings. The molecule has 2 aromatic heterocycles. The number of aromatic nitrogens is 3. The van der Waals surface area contributed by atoms with Gasteiger partial charge < -0.3 is 0 Å². The predicted molar refractivity (Wildman–Crippen MR) is 111 cm³/mol. The van der Waals surface area contributed by atoms with Gasteiger partial charge in [0, 0.05) is 35.5 Å². The number of benzene rings is 1. The minimum Gasteiger partial charge on any atom is -0.283 e. The lowest BCUT2D eigenvalue weighted by Gasteiger charge is -2.22. The van der Waals surface area contributed by atoms with Gasteiger partial charge in [-0.25, -0.2) is 5.10 Å². The van der Waals surface area contributed by atoms with E-state index in [1.165, 1.54) is 0 Å². The number of fused-ring (bicyclic) bond motifs is 2. The first-order valence-corrected chi connectivity index (χ1v) is 9.74. The summed E-state index contributed by atoms with van der Waals surface area (Å²) in [5.41, 5.74) is 3.32. The first-order valence-electron chi connectivity index (χ1n) is 9.74. The Labute approximate surface area is 167 Å². The van der Waals surface area contributed by atoms with Gasteiger partial charge in [-0.05, 0) is 30.2 Å². The van der Waals surface area contributed by atoms with E-state index >= 15 is 0 Å². The summed E-state index contributed by atoms with van der Waals surface area (Å²) in [6, 6.07) is 9.42. The Bertz CT molecular complexity index is 1240. The lowest BCUT2D eigenvalue weighted by Crippen LogP contribution is -2.25. The van der Waals surface area contributed by atoms with Crippen LogP contribution in [0.25, 0.3) is 10.8 Å². The molecule has 0 saturated carbocycles. The van der Waals surface area contributed by atoms with Crippen LogP contribution in [-0.4, -0.2) is 21.1 Å². The van der Waals surface area contributed by atoms with Gasteiger partial charge in [-0.15, -0.1) is 0 Å². The molecule has 1 N–H and O–H groups in total. The van der Waals surface area contributed by atoms with Crippen LogP contribution in [0, 0.1) is 11.8 Å². The lowest BCUT2D eigenvalue weighted by molar-refractivity contribution is -0.120. The standard InChI is InChI=1S/C23H20N4O2/c1-14-17-6-4-5-9-21(17)27(23(14)29)16-10-15(12-24-13-16)11-20-18-7-2-3-8-19(18)22(28)26-25-20/h2-5,7-10,12-14,17H,6,11H2,1H3,(H,26,28). The molecular weight excluding hydrogens is 364 g/mol. The van der Waals surface area contributed by atoms with Crippen molar-refractivity contribution in [2.24, 2.45) is 11.8 Å². The van der Waals surface area contributed by atoms with Crippen molar-refractivity contribution in [1.82, 2.24) is 15.2 Å². The van der Waals surface area contributed by atoms with Gasteiger partial charge in [0.05, 0.1) is 23.0 Å². The molecule has 1 aromatic carbocycles. The molecule has 144 valence electrons. The predicted octanol–water partition coefficient (Wildman–Crippen LogP) is 3.35. The molecule has 6 heteroatoms. The van der Waals surface area contributed by atoms with E-state index in [2.05, 4.69) is 21.3 Å². The molecule has 6 nitrogen and oxygen atoms in total. The summed E-state index contributed by atoms with van der Waals surface area (Å²) in [5.74, 6) is 0.289. The van der Waals surface area contributed by atoms with Crippen molar-refractivity contribution in [3.05, 3.63) is 88.3 Å². The quantitative estimate of drug-likeness (QED) is 0.751. The Morgan fingerprint density at radius 3 is 2.86 bits per heavy atom. The number of amides is 1. The van der Waals surface area contributed by atoms with Gasteiger partial charge >= 0.3 is 0 Å². The first kappa shape index (κ1) is 17.6. The molecule has 0 radical (unpaired) electrons. The van der Waals surface area contributed by atoms with Crippen LogP contribution in [0.1, 0.15) is 24.6 Å². The van der Waals surface area contributed by atoms with E-state index in [9.17, 15) is 9.59 Å². The van der Waals surface area contributed by atoms with Gasteiger partial charge in [-0.2, -0.15) is 5.10 Å². The number of nitrogens with zero attached hydrogens (tertiary/aromatic N) is 3. The maximum absolute atomic E-state index is 12.9. The summed E-state index contributed by atoms with van der Waals surface area (Å²) >= 11 is 0. The first-order chi connectivity index (χ1) is 14.1. The van der Waals surface area contributed by atoms with Crippen LogP contribution in [-0.2, 0) is 11.2 Å². The summed E-state index contributed by atoms with van der Waals surface area (Å²) in [4.78, 5) is 31.1. The molecule has 1 aliphatic heterocycles. The van der Waals surface area contributed by atoms with E-state index in [0.717, 1.165) is 34.4 Å². The third-order valence-electron chi connectivity index (χ3n) is 5.83. The van der Waals surface area contributed by atoms with Crippen LogP contribution in [0.4, 0.5) is 5.69 Å². The molecule has 5 rings (SSSR count). The minimum atomic E-state index is -0.198. The van der Waals surface area contributed by atoms with Gasteiger partial charge in [-0.3, -0.25) is 19.5 Å². The topological polar surface area (TPSA) is 79.0 Å². The van der Waals surface area contributed by atoms with Crippen molar-refractivity contribution >= 4 is 22.4 Å². The van der Waals surface area contributed by atoms with Gasteiger partial charge in [0.25, 0.3) is 5.56 Å². The van der Waals surface area contributed by atoms with Crippen LogP contribution in [0.2, 0.25) is 0 Å². The molecule has 0 spiro atoms. The molecule has 1 saturated heterocycles. The second-order valence-electron chi connectivity index (χ2n) is 7.60. The SMILES string of the molecule is CC1C(=O)N(c2cncc(Cc3n[nH]c(=O)c4ccccc34)c2)C2=CC=CCC21. The number of H-pyrrole nitrogens is 1. The maximum Gasteiger partial charge on any atom is 0.272 e. The zero-order chi connectivity index (χ0) is 20.0. The van der Waals surface area contributed by atoms with E-state index in [1.54, 1.807) is 23.4 Å². The number of pyridine rings is 1. The highest BCUT2D eigenvalue weighted by Crippen LogP contribution is 2.41. The maximum atomic E-state index is 12.9.